The summed E-state index contributed by atoms with van der Waals surface area (Å²) in [5.41, 5.74) is 0. The number of rotatable bonds is 4. The van der Waals surface area contributed by atoms with E-state index >= 15 is 0 Å². The number of hydrogen-bond acceptors (Lipinski definition) is 2. The summed E-state index contributed by atoms with van der Waals surface area (Å²) in [5.74, 6) is 0. The topological polar surface area (TPSA) is 44.4 Å². The van der Waals surface area contributed by atoms with Crippen molar-refractivity contribution in [1.29, 1.82) is 0 Å². The minimum atomic E-state index is -0.0268. The van der Waals surface area contributed by atoms with Crippen molar-refractivity contribution in [3.63, 3.8) is 0 Å². The van der Waals surface area contributed by atoms with Gasteiger partial charge in [0.25, 0.3) is 0 Å². The first-order chi connectivity index (χ1) is 5.18. The zero-order chi connectivity index (χ0) is 8.69. The van der Waals surface area contributed by atoms with Crippen LogP contribution >= 0.6 is 0 Å². The molecule has 0 saturated heterocycles. The Labute approximate surface area is 67.9 Å². The molecular weight excluding hydrogens is 142 g/mol. The molecule has 4 heteroatoms. The van der Waals surface area contributed by atoms with E-state index in [1.54, 1.807) is 14.1 Å². The monoisotopic (exact) mass is 159 g/mol. The molecule has 0 unspecified atom stereocenters. The second-order valence-electron chi connectivity index (χ2n) is 2.58. The van der Waals surface area contributed by atoms with E-state index in [1.807, 2.05) is 7.05 Å². The standard InChI is InChI=1S/C7H17N3O/c1-8-5-4-6-9-7(11)10(2)3/h8H,4-6H2,1-3H3,(H,9,11). The van der Waals surface area contributed by atoms with Gasteiger partial charge in [0.1, 0.15) is 0 Å². The summed E-state index contributed by atoms with van der Waals surface area (Å²) in [6, 6.07) is -0.0268. The zero-order valence-electron chi connectivity index (χ0n) is 7.48. The van der Waals surface area contributed by atoms with Crippen molar-refractivity contribution >= 4 is 6.03 Å². The number of urea groups is 1. The Hall–Kier alpha value is -0.770. The van der Waals surface area contributed by atoms with Crippen molar-refractivity contribution in [1.82, 2.24) is 15.5 Å². The lowest BCUT2D eigenvalue weighted by molar-refractivity contribution is 0.217. The molecule has 0 aliphatic heterocycles. The van der Waals surface area contributed by atoms with Gasteiger partial charge in [0.2, 0.25) is 0 Å². The van der Waals surface area contributed by atoms with Crippen LogP contribution in [0.25, 0.3) is 0 Å². The van der Waals surface area contributed by atoms with E-state index in [0.29, 0.717) is 0 Å². The molecule has 2 amide bonds. The van der Waals surface area contributed by atoms with Gasteiger partial charge in [0, 0.05) is 20.6 Å². The Kier molecular flexibility index (Phi) is 5.56. The van der Waals surface area contributed by atoms with Gasteiger partial charge in [0.05, 0.1) is 0 Å². The summed E-state index contributed by atoms with van der Waals surface area (Å²) < 4.78 is 0. The van der Waals surface area contributed by atoms with Crippen molar-refractivity contribution in [3.8, 4) is 0 Å². The van der Waals surface area contributed by atoms with E-state index in [4.69, 9.17) is 0 Å². The predicted molar refractivity (Wildman–Crippen MR) is 45.6 cm³/mol. The highest BCUT2D eigenvalue weighted by Gasteiger charge is 1.99. The Morgan fingerprint density at radius 2 is 2.00 bits per heavy atom. The molecule has 4 nitrogen and oxygen atoms in total. The van der Waals surface area contributed by atoms with Crippen molar-refractivity contribution < 1.29 is 4.79 Å². The van der Waals surface area contributed by atoms with Gasteiger partial charge in [-0.05, 0) is 20.0 Å². The van der Waals surface area contributed by atoms with Gasteiger partial charge in [0.15, 0.2) is 0 Å². The van der Waals surface area contributed by atoms with E-state index in [0.717, 1.165) is 19.5 Å². The average molecular weight is 159 g/mol. The third kappa shape index (κ3) is 5.66. The number of carbonyl (C=O) groups is 1. The first-order valence-electron chi connectivity index (χ1n) is 3.78. The molecule has 66 valence electrons. The molecule has 0 radical (unpaired) electrons. The summed E-state index contributed by atoms with van der Waals surface area (Å²) in [6.07, 6.45) is 0.968. The Morgan fingerprint density at radius 3 is 2.45 bits per heavy atom. The Morgan fingerprint density at radius 1 is 1.36 bits per heavy atom. The molecule has 0 bridgehead atoms. The van der Waals surface area contributed by atoms with Gasteiger partial charge in [-0.2, -0.15) is 0 Å². The number of nitrogens with zero attached hydrogens (tertiary/aromatic N) is 1. The maximum atomic E-state index is 10.9. The molecule has 0 aliphatic rings. The fourth-order valence-electron chi connectivity index (χ4n) is 0.619. The fraction of sp³-hybridized carbons (Fsp3) is 0.857. The van der Waals surface area contributed by atoms with Crippen molar-refractivity contribution in [3.05, 3.63) is 0 Å². The highest BCUT2D eigenvalue weighted by atomic mass is 16.2. The van der Waals surface area contributed by atoms with E-state index in [1.165, 1.54) is 4.90 Å². The number of carbonyl (C=O) groups excluding carboxylic acids is 1. The van der Waals surface area contributed by atoms with Crippen molar-refractivity contribution in [2.45, 2.75) is 6.42 Å². The molecule has 11 heavy (non-hydrogen) atoms. The van der Waals surface area contributed by atoms with Crippen LogP contribution in [0.4, 0.5) is 4.79 Å². The number of nitrogens with one attached hydrogen (secondary N) is 2. The first-order valence-corrected chi connectivity index (χ1v) is 3.78. The van der Waals surface area contributed by atoms with Crippen LogP contribution in [-0.4, -0.2) is 45.2 Å². The highest BCUT2D eigenvalue weighted by molar-refractivity contribution is 5.73. The molecule has 0 heterocycles. The van der Waals surface area contributed by atoms with Gasteiger partial charge in [-0.3, -0.25) is 0 Å². The normalized spacial score (nSPS) is 9.36. The SMILES string of the molecule is CNCCCNC(=O)N(C)C. The summed E-state index contributed by atoms with van der Waals surface area (Å²) >= 11 is 0. The summed E-state index contributed by atoms with van der Waals surface area (Å²) in [5, 5.41) is 5.77. The predicted octanol–water partition coefficient (Wildman–Crippen LogP) is -0.133. The molecule has 0 spiro atoms. The van der Waals surface area contributed by atoms with Crippen LogP contribution in [0.15, 0.2) is 0 Å². The maximum Gasteiger partial charge on any atom is 0.316 e. The zero-order valence-corrected chi connectivity index (χ0v) is 7.48. The summed E-state index contributed by atoms with van der Waals surface area (Å²) in [7, 11) is 5.36. The van der Waals surface area contributed by atoms with Crippen LogP contribution in [0.2, 0.25) is 0 Å². The third-order valence-corrected chi connectivity index (χ3v) is 1.29. The lowest BCUT2D eigenvalue weighted by Gasteiger charge is -2.11. The van der Waals surface area contributed by atoms with E-state index in [9.17, 15) is 4.79 Å². The van der Waals surface area contributed by atoms with Gasteiger partial charge >= 0.3 is 6.03 Å². The molecule has 0 rings (SSSR count). The van der Waals surface area contributed by atoms with Gasteiger partial charge in [-0.25, -0.2) is 4.79 Å². The smallest absolute Gasteiger partial charge is 0.316 e. The molecule has 0 aromatic heterocycles. The largest absolute Gasteiger partial charge is 0.338 e. The highest BCUT2D eigenvalue weighted by Crippen LogP contribution is 1.77. The fourth-order valence-corrected chi connectivity index (χ4v) is 0.619. The van der Waals surface area contributed by atoms with Gasteiger partial charge in [-0.1, -0.05) is 0 Å². The number of hydrogen-bond donors (Lipinski definition) is 2. The first kappa shape index (κ1) is 10.2. The third-order valence-electron chi connectivity index (χ3n) is 1.29. The molecule has 0 atom stereocenters. The van der Waals surface area contributed by atoms with Crippen molar-refractivity contribution in [2.24, 2.45) is 0 Å². The van der Waals surface area contributed by atoms with E-state index in [2.05, 4.69) is 10.6 Å². The molecular formula is C7H17N3O. The minimum absolute atomic E-state index is 0.0268. The molecule has 0 fully saturated rings. The second-order valence-corrected chi connectivity index (χ2v) is 2.58. The van der Waals surface area contributed by atoms with E-state index in [-0.39, 0.29) is 6.03 Å². The minimum Gasteiger partial charge on any atom is -0.338 e. The lowest BCUT2D eigenvalue weighted by atomic mass is 10.4. The Bertz CT molecular complexity index is 114. The summed E-state index contributed by atoms with van der Waals surface area (Å²) in [6.45, 7) is 1.67. The van der Waals surface area contributed by atoms with Gasteiger partial charge < -0.3 is 15.5 Å². The van der Waals surface area contributed by atoms with Crippen LogP contribution in [0.3, 0.4) is 0 Å². The quantitative estimate of drug-likeness (QED) is 0.561. The van der Waals surface area contributed by atoms with E-state index < -0.39 is 0 Å². The number of amides is 2. The van der Waals surface area contributed by atoms with Crippen LogP contribution < -0.4 is 10.6 Å². The second kappa shape index (κ2) is 5.97. The summed E-state index contributed by atoms with van der Waals surface area (Å²) in [4.78, 5) is 12.4. The maximum absolute atomic E-state index is 10.9. The molecule has 0 saturated carbocycles. The van der Waals surface area contributed by atoms with Crippen molar-refractivity contribution in [2.75, 3.05) is 34.2 Å². The van der Waals surface area contributed by atoms with Gasteiger partial charge in [-0.15, -0.1) is 0 Å². The van der Waals surface area contributed by atoms with Crippen LogP contribution in [0.5, 0.6) is 0 Å². The van der Waals surface area contributed by atoms with Crippen LogP contribution in [-0.2, 0) is 0 Å². The molecule has 0 aliphatic carbocycles. The lowest BCUT2D eigenvalue weighted by Crippen LogP contribution is -2.35. The Balaban J connectivity index is 3.18. The average Bonchev–Trinajstić information content (AvgIpc) is 1.97. The molecule has 0 aromatic rings. The molecule has 2 N–H and O–H groups in total. The molecule has 0 aromatic carbocycles. The van der Waals surface area contributed by atoms with Crippen LogP contribution in [0.1, 0.15) is 6.42 Å². The van der Waals surface area contributed by atoms with Crippen LogP contribution in [0, 0.1) is 0 Å².